The van der Waals surface area contributed by atoms with E-state index < -0.39 is 10.0 Å². The standard InChI is InChI=1S/C11H15Cl2N3O3S/c1-3-16(2)9(17)6-15-20(18,19)8-5-4-7(12)11(14)10(8)13/h4-5,15H,3,6,14H2,1-2H3. The summed E-state index contributed by atoms with van der Waals surface area (Å²) in [5.41, 5.74) is 5.55. The predicted octanol–water partition coefficient (Wildman–Crippen LogP) is 1.33. The maximum atomic E-state index is 12.1. The van der Waals surface area contributed by atoms with Crippen LogP contribution in [-0.2, 0) is 14.8 Å². The Bertz CT molecular complexity index is 620. The zero-order valence-electron chi connectivity index (χ0n) is 11.0. The molecule has 0 saturated heterocycles. The monoisotopic (exact) mass is 339 g/mol. The lowest BCUT2D eigenvalue weighted by molar-refractivity contribution is -0.128. The summed E-state index contributed by atoms with van der Waals surface area (Å²) in [5.74, 6) is -0.353. The van der Waals surface area contributed by atoms with Crippen molar-refractivity contribution < 1.29 is 13.2 Å². The second-order valence-corrected chi connectivity index (χ2v) is 6.53. The van der Waals surface area contributed by atoms with Crippen molar-refractivity contribution in [2.45, 2.75) is 11.8 Å². The Kier molecular flexibility index (Phi) is 5.64. The van der Waals surface area contributed by atoms with E-state index in [1.54, 1.807) is 14.0 Å². The Morgan fingerprint density at radius 2 is 2.00 bits per heavy atom. The molecule has 0 bridgehead atoms. The number of nitrogens with two attached hydrogens (primary N) is 1. The van der Waals surface area contributed by atoms with Gasteiger partial charge in [-0.15, -0.1) is 0 Å². The number of amides is 1. The molecule has 9 heteroatoms. The zero-order chi connectivity index (χ0) is 15.5. The predicted molar refractivity (Wildman–Crippen MR) is 79.4 cm³/mol. The van der Waals surface area contributed by atoms with E-state index in [1.807, 2.05) is 0 Å². The van der Waals surface area contributed by atoms with Gasteiger partial charge in [0.05, 0.1) is 22.3 Å². The summed E-state index contributed by atoms with van der Waals surface area (Å²) in [6.07, 6.45) is 0. The van der Waals surface area contributed by atoms with Crippen molar-refractivity contribution >= 4 is 44.8 Å². The van der Waals surface area contributed by atoms with Gasteiger partial charge in [-0.2, -0.15) is 0 Å². The summed E-state index contributed by atoms with van der Waals surface area (Å²) >= 11 is 11.6. The molecular formula is C11H15Cl2N3O3S. The summed E-state index contributed by atoms with van der Waals surface area (Å²) in [6, 6.07) is 2.56. The highest BCUT2D eigenvalue weighted by molar-refractivity contribution is 7.89. The lowest BCUT2D eigenvalue weighted by atomic mass is 10.3. The summed E-state index contributed by atoms with van der Waals surface area (Å²) in [5, 5.41) is -0.00274. The molecule has 0 saturated carbocycles. The quantitative estimate of drug-likeness (QED) is 0.791. The van der Waals surface area contributed by atoms with Crippen LogP contribution in [0.1, 0.15) is 6.92 Å². The number of rotatable bonds is 5. The highest BCUT2D eigenvalue weighted by Crippen LogP contribution is 2.32. The lowest BCUT2D eigenvalue weighted by Gasteiger charge is -2.15. The van der Waals surface area contributed by atoms with Gasteiger partial charge in [-0.1, -0.05) is 23.2 Å². The van der Waals surface area contributed by atoms with Gasteiger partial charge in [-0.3, -0.25) is 4.79 Å². The second kappa shape index (κ2) is 6.62. The third-order valence-electron chi connectivity index (χ3n) is 2.69. The van der Waals surface area contributed by atoms with E-state index in [9.17, 15) is 13.2 Å². The van der Waals surface area contributed by atoms with Gasteiger partial charge >= 0.3 is 0 Å². The number of carbonyl (C=O) groups is 1. The van der Waals surface area contributed by atoms with Gasteiger partial charge in [0.1, 0.15) is 4.90 Å². The van der Waals surface area contributed by atoms with Crippen LogP contribution in [0.15, 0.2) is 17.0 Å². The fourth-order valence-corrected chi connectivity index (χ4v) is 3.04. The topological polar surface area (TPSA) is 92.5 Å². The molecule has 0 aliphatic rings. The fourth-order valence-electron chi connectivity index (χ4n) is 1.30. The third kappa shape index (κ3) is 3.76. The minimum absolute atomic E-state index is 0.0202. The fraction of sp³-hybridized carbons (Fsp3) is 0.364. The molecule has 0 fully saturated rings. The Hall–Kier alpha value is -1.02. The molecule has 0 radical (unpaired) electrons. The maximum Gasteiger partial charge on any atom is 0.242 e. The van der Waals surface area contributed by atoms with Crippen molar-refractivity contribution in [1.29, 1.82) is 0 Å². The molecule has 0 atom stereocenters. The number of nitrogens with one attached hydrogen (secondary N) is 1. The van der Waals surface area contributed by atoms with Gasteiger partial charge in [0.25, 0.3) is 0 Å². The number of carbonyl (C=O) groups excluding carboxylic acids is 1. The molecule has 0 aliphatic heterocycles. The molecule has 0 spiro atoms. The van der Waals surface area contributed by atoms with Crippen molar-refractivity contribution in [3.05, 3.63) is 22.2 Å². The first-order valence-corrected chi connectivity index (χ1v) is 7.91. The van der Waals surface area contributed by atoms with Crippen molar-refractivity contribution in [3.8, 4) is 0 Å². The third-order valence-corrected chi connectivity index (χ3v) is 4.99. The van der Waals surface area contributed by atoms with E-state index in [0.29, 0.717) is 6.54 Å². The van der Waals surface area contributed by atoms with Crippen LogP contribution in [0.25, 0.3) is 0 Å². The molecule has 0 aromatic heterocycles. The van der Waals surface area contributed by atoms with Crippen molar-refractivity contribution in [1.82, 2.24) is 9.62 Å². The number of anilines is 1. The molecule has 112 valence electrons. The molecule has 0 unspecified atom stereocenters. The van der Waals surface area contributed by atoms with Crippen LogP contribution >= 0.6 is 23.2 Å². The summed E-state index contributed by atoms with van der Waals surface area (Å²) < 4.78 is 26.3. The normalized spacial score (nSPS) is 11.4. The van der Waals surface area contributed by atoms with E-state index in [-0.39, 0.29) is 33.1 Å². The van der Waals surface area contributed by atoms with Gasteiger partial charge in [-0.25, -0.2) is 13.1 Å². The molecule has 0 aliphatic carbocycles. The molecule has 1 aromatic rings. The van der Waals surface area contributed by atoms with E-state index in [1.165, 1.54) is 17.0 Å². The Morgan fingerprint density at radius 3 is 2.55 bits per heavy atom. The van der Waals surface area contributed by atoms with E-state index in [4.69, 9.17) is 28.9 Å². The van der Waals surface area contributed by atoms with Crippen molar-refractivity contribution in [3.63, 3.8) is 0 Å². The van der Waals surface area contributed by atoms with Gasteiger partial charge in [-0.05, 0) is 19.1 Å². The number of hydrogen-bond donors (Lipinski definition) is 2. The number of likely N-dealkylation sites (N-methyl/N-ethyl adjacent to an activating group) is 1. The van der Waals surface area contributed by atoms with Crippen LogP contribution in [-0.4, -0.2) is 39.4 Å². The van der Waals surface area contributed by atoms with Gasteiger partial charge in [0.2, 0.25) is 15.9 Å². The highest BCUT2D eigenvalue weighted by atomic mass is 35.5. The molecular weight excluding hydrogens is 325 g/mol. The minimum atomic E-state index is -3.94. The highest BCUT2D eigenvalue weighted by Gasteiger charge is 2.22. The number of sulfonamides is 1. The van der Waals surface area contributed by atoms with Gasteiger partial charge in [0.15, 0.2) is 0 Å². The number of benzene rings is 1. The largest absolute Gasteiger partial charge is 0.396 e. The van der Waals surface area contributed by atoms with E-state index in [2.05, 4.69) is 4.72 Å². The van der Waals surface area contributed by atoms with Crippen molar-refractivity contribution in [2.75, 3.05) is 25.9 Å². The van der Waals surface area contributed by atoms with Gasteiger partial charge < -0.3 is 10.6 Å². The first kappa shape index (κ1) is 17.0. The zero-order valence-corrected chi connectivity index (χ0v) is 13.3. The average Bonchev–Trinajstić information content (AvgIpc) is 2.41. The van der Waals surface area contributed by atoms with Crippen molar-refractivity contribution in [2.24, 2.45) is 0 Å². The van der Waals surface area contributed by atoms with E-state index in [0.717, 1.165) is 0 Å². The van der Waals surface area contributed by atoms with Crippen LogP contribution < -0.4 is 10.5 Å². The smallest absolute Gasteiger partial charge is 0.242 e. The van der Waals surface area contributed by atoms with Crippen LogP contribution in [0.2, 0.25) is 10.0 Å². The minimum Gasteiger partial charge on any atom is -0.396 e. The molecule has 0 heterocycles. The first-order chi connectivity index (χ1) is 9.20. The molecule has 6 nitrogen and oxygen atoms in total. The molecule has 1 aromatic carbocycles. The molecule has 3 N–H and O–H groups in total. The summed E-state index contributed by atoms with van der Waals surface area (Å²) in [6.45, 7) is 1.91. The molecule has 1 amide bonds. The first-order valence-electron chi connectivity index (χ1n) is 5.67. The average molecular weight is 340 g/mol. The Labute approximate surface area is 127 Å². The van der Waals surface area contributed by atoms with Crippen LogP contribution in [0.5, 0.6) is 0 Å². The van der Waals surface area contributed by atoms with E-state index >= 15 is 0 Å². The second-order valence-electron chi connectivity index (χ2n) is 4.01. The van der Waals surface area contributed by atoms with Gasteiger partial charge in [0, 0.05) is 13.6 Å². The number of nitrogen functional groups attached to an aromatic ring is 1. The molecule has 1 rings (SSSR count). The Balaban J connectivity index is 2.96. The number of nitrogens with zero attached hydrogens (tertiary/aromatic N) is 1. The molecule has 20 heavy (non-hydrogen) atoms. The van der Waals surface area contributed by atoms with Crippen LogP contribution in [0.3, 0.4) is 0 Å². The summed E-state index contributed by atoms with van der Waals surface area (Å²) in [7, 11) is -2.36. The number of halogens is 2. The summed E-state index contributed by atoms with van der Waals surface area (Å²) in [4.78, 5) is 12.8. The van der Waals surface area contributed by atoms with Crippen LogP contribution in [0, 0.1) is 0 Å². The Morgan fingerprint density at radius 1 is 1.40 bits per heavy atom. The number of hydrogen-bond acceptors (Lipinski definition) is 4. The maximum absolute atomic E-state index is 12.1. The van der Waals surface area contributed by atoms with Crippen LogP contribution in [0.4, 0.5) is 5.69 Å². The lowest BCUT2D eigenvalue weighted by Crippen LogP contribution is -2.38. The SMILES string of the molecule is CCN(C)C(=O)CNS(=O)(=O)c1ccc(Cl)c(N)c1Cl.